The van der Waals surface area contributed by atoms with Gasteiger partial charge in [0.05, 0.1) is 10.6 Å². The molecule has 1 aromatic rings. The van der Waals surface area contributed by atoms with E-state index in [9.17, 15) is 4.79 Å². The van der Waals surface area contributed by atoms with E-state index in [4.69, 9.17) is 23.2 Å². The molecule has 0 spiro atoms. The Morgan fingerprint density at radius 2 is 2.12 bits per heavy atom. The van der Waals surface area contributed by atoms with E-state index in [0.717, 1.165) is 18.5 Å². The molecule has 1 atom stereocenters. The Balaban J connectivity index is 2.26. The fraction of sp³-hybridized carbons (Fsp3) is 0.462. The van der Waals surface area contributed by atoms with Gasteiger partial charge in [0.2, 0.25) is 0 Å². The second-order valence-corrected chi connectivity index (χ2v) is 5.46. The minimum atomic E-state index is 0.0296. The standard InChI is InChI=1S/C13H15Cl2NO/c1-3-8(2)6-16-7-9-4-10(14)5-11(15)12(9)13(16)17/h4-5,8H,3,6-7H2,1-2H3. The van der Waals surface area contributed by atoms with Crippen molar-refractivity contribution in [2.75, 3.05) is 6.54 Å². The molecule has 1 aliphatic rings. The maximum Gasteiger partial charge on any atom is 0.256 e. The summed E-state index contributed by atoms with van der Waals surface area (Å²) in [6.45, 7) is 5.67. The van der Waals surface area contributed by atoms with Gasteiger partial charge in [-0.25, -0.2) is 0 Å². The average molecular weight is 272 g/mol. The van der Waals surface area contributed by atoms with Crippen molar-refractivity contribution >= 4 is 29.1 Å². The van der Waals surface area contributed by atoms with E-state index in [-0.39, 0.29) is 5.91 Å². The highest BCUT2D eigenvalue weighted by Crippen LogP contribution is 2.32. The highest BCUT2D eigenvalue weighted by Gasteiger charge is 2.30. The number of benzene rings is 1. The number of rotatable bonds is 3. The molecular weight excluding hydrogens is 257 g/mol. The van der Waals surface area contributed by atoms with Crippen LogP contribution in [0.4, 0.5) is 0 Å². The molecule has 1 amide bonds. The summed E-state index contributed by atoms with van der Waals surface area (Å²) in [5.41, 5.74) is 1.56. The van der Waals surface area contributed by atoms with Gasteiger partial charge < -0.3 is 4.90 Å². The molecular formula is C13H15Cl2NO. The second kappa shape index (κ2) is 4.87. The molecule has 0 aliphatic carbocycles. The van der Waals surface area contributed by atoms with Crippen molar-refractivity contribution in [1.29, 1.82) is 0 Å². The molecule has 1 aromatic carbocycles. The SMILES string of the molecule is CCC(C)CN1Cc2cc(Cl)cc(Cl)c2C1=O. The van der Waals surface area contributed by atoms with Crippen LogP contribution in [-0.2, 0) is 6.54 Å². The summed E-state index contributed by atoms with van der Waals surface area (Å²) < 4.78 is 0. The van der Waals surface area contributed by atoms with Crippen molar-refractivity contribution in [3.8, 4) is 0 Å². The Morgan fingerprint density at radius 1 is 1.41 bits per heavy atom. The van der Waals surface area contributed by atoms with Crippen molar-refractivity contribution in [2.45, 2.75) is 26.8 Å². The molecule has 1 heterocycles. The van der Waals surface area contributed by atoms with Gasteiger partial charge >= 0.3 is 0 Å². The van der Waals surface area contributed by atoms with E-state index in [2.05, 4.69) is 13.8 Å². The third kappa shape index (κ3) is 2.43. The van der Waals surface area contributed by atoms with Gasteiger partial charge in [-0.1, -0.05) is 43.5 Å². The van der Waals surface area contributed by atoms with E-state index in [1.807, 2.05) is 11.0 Å². The third-order valence-electron chi connectivity index (χ3n) is 3.23. The van der Waals surface area contributed by atoms with Crippen LogP contribution < -0.4 is 0 Å². The second-order valence-electron chi connectivity index (χ2n) is 4.62. The van der Waals surface area contributed by atoms with Gasteiger partial charge in [-0.2, -0.15) is 0 Å². The molecule has 0 fully saturated rings. The molecule has 0 N–H and O–H groups in total. The number of amides is 1. The topological polar surface area (TPSA) is 20.3 Å². The van der Waals surface area contributed by atoms with Crippen LogP contribution in [0.1, 0.15) is 36.2 Å². The summed E-state index contributed by atoms with van der Waals surface area (Å²) in [5, 5.41) is 1.05. The molecule has 1 aliphatic heterocycles. The van der Waals surface area contributed by atoms with Crippen molar-refractivity contribution in [3.05, 3.63) is 33.3 Å². The van der Waals surface area contributed by atoms with Gasteiger partial charge in [0, 0.05) is 18.1 Å². The summed E-state index contributed by atoms with van der Waals surface area (Å²) in [6, 6.07) is 3.46. The lowest BCUT2D eigenvalue weighted by Gasteiger charge is -2.19. The largest absolute Gasteiger partial charge is 0.334 e. The van der Waals surface area contributed by atoms with Crippen LogP contribution in [0.2, 0.25) is 10.0 Å². The zero-order chi connectivity index (χ0) is 12.6. The normalized spacial score (nSPS) is 16.2. The number of carbonyl (C=O) groups excluding carboxylic acids is 1. The molecule has 0 bridgehead atoms. The van der Waals surface area contributed by atoms with Crippen LogP contribution >= 0.6 is 23.2 Å². The fourth-order valence-corrected chi connectivity index (χ4v) is 2.70. The van der Waals surface area contributed by atoms with Crippen LogP contribution in [0.25, 0.3) is 0 Å². The number of carbonyl (C=O) groups is 1. The Morgan fingerprint density at radius 3 is 2.76 bits per heavy atom. The van der Waals surface area contributed by atoms with E-state index >= 15 is 0 Å². The first-order valence-corrected chi connectivity index (χ1v) is 6.55. The van der Waals surface area contributed by atoms with Gasteiger partial charge in [-0.15, -0.1) is 0 Å². The molecule has 4 heteroatoms. The van der Waals surface area contributed by atoms with Crippen LogP contribution in [0.15, 0.2) is 12.1 Å². The van der Waals surface area contributed by atoms with Crippen LogP contribution in [0, 0.1) is 5.92 Å². The Bertz CT molecular complexity index is 459. The molecule has 2 nitrogen and oxygen atoms in total. The zero-order valence-corrected chi connectivity index (χ0v) is 11.5. The van der Waals surface area contributed by atoms with Crippen molar-refractivity contribution in [1.82, 2.24) is 4.90 Å². The van der Waals surface area contributed by atoms with Crippen molar-refractivity contribution in [2.24, 2.45) is 5.92 Å². The number of halogens is 2. The predicted molar refractivity (Wildman–Crippen MR) is 70.7 cm³/mol. The van der Waals surface area contributed by atoms with Crippen LogP contribution in [-0.4, -0.2) is 17.4 Å². The summed E-state index contributed by atoms with van der Waals surface area (Å²) in [5.74, 6) is 0.532. The first-order chi connectivity index (χ1) is 8.02. The highest BCUT2D eigenvalue weighted by molar-refractivity contribution is 6.37. The van der Waals surface area contributed by atoms with Gasteiger partial charge in [0.25, 0.3) is 5.91 Å². The first kappa shape index (κ1) is 12.7. The number of hydrogen-bond donors (Lipinski definition) is 0. The summed E-state index contributed by atoms with van der Waals surface area (Å²) >= 11 is 12.0. The number of nitrogens with zero attached hydrogens (tertiary/aromatic N) is 1. The molecule has 92 valence electrons. The minimum absolute atomic E-state index is 0.0296. The van der Waals surface area contributed by atoms with Gasteiger partial charge in [-0.05, 0) is 23.6 Å². The Kier molecular flexibility index (Phi) is 3.64. The van der Waals surface area contributed by atoms with Crippen LogP contribution in [0.3, 0.4) is 0 Å². The third-order valence-corrected chi connectivity index (χ3v) is 3.74. The number of hydrogen-bond acceptors (Lipinski definition) is 1. The molecule has 17 heavy (non-hydrogen) atoms. The van der Waals surface area contributed by atoms with Crippen molar-refractivity contribution in [3.63, 3.8) is 0 Å². The quantitative estimate of drug-likeness (QED) is 0.814. The van der Waals surface area contributed by atoms with E-state index < -0.39 is 0 Å². The molecule has 2 rings (SSSR count). The Labute approximate surface area is 112 Å². The number of fused-ring (bicyclic) bond motifs is 1. The monoisotopic (exact) mass is 271 g/mol. The van der Waals surface area contributed by atoms with E-state index in [1.165, 1.54) is 0 Å². The summed E-state index contributed by atoms with van der Waals surface area (Å²) in [4.78, 5) is 14.0. The average Bonchev–Trinajstić information content (AvgIpc) is 2.55. The lowest BCUT2D eigenvalue weighted by molar-refractivity contribution is 0.0755. The molecule has 0 aromatic heterocycles. The molecule has 0 saturated heterocycles. The van der Waals surface area contributed by atoms with Crippen LogP contribution in [0.5, 0.6) is 0 Å². The predicted octanol–water partition coefficient (Wildman–Crippen LogP) is 4.00. The zero-order valence-electron chi connectivity index (χ0n) is 9.96. The maximum absolute atomic E-state index is 12.2. The van der Waals surface area contributed by atoms with Gasteiger partial charge in [-0.3, -0.25) is 4.79 Å². The molecule has 0 radical (unpaired) electrons. The lowest BCUT2D eigenvalue weighted by Crippen LogP contribution is -2.28. The minimum Gasteiger partial charge on any atom is -0.334 e. The summed E-state index contributed by atoms with van der Waals surface area (Å²) in [6.07, 6.45) is 1.06. The Hall–Kier alpha value is -0.730. The lowest BCUT2D eigenvalue weighted by atomic mass is 10.1. The van der Waals surface area contributed by atoms with Crippen molar-refractivity contribution < 1.29 is 4.79 Å². The first-order valence-electron chi connectivity index (χ1n) is 5.80. The van der Waals surface area contributed by atoms with E-state index in [1.54, 1.807) is 6.07 Å². The van der Waals surface area contributed by atoms with E-state index in [0.29, 0.717) is 28.1 Å². The maximum atomic E-state index is 12.2. The van der Waals surface area contributed by atoms with Gasteiger partial charge in [0.15, 0.2) is 0 Å². The molecule has 0 saturated carbocycles. The smallest absolute Gasteiger partial charge is 0.256 e. The fourth-order valence-electron chi connectivity index (χ4n) is 2.08. The summed E-state index contributed by atoms with van der Waals surface area (Å²) in [7, 11) is 0. The van der Waals surface area contributed by atoms with Gasteiger partial charge in [0.1, 0.15) is 0 Å². The highest BCUT2D eigenvalue weighted by atomic mass is 35.5. The molecule has 1 unspecified atom stereocenters.